The molecule has 0 aromatic heterocycles. The third kappa shape index (κ3) is 6.18. The van der Waals surface area contributed by atoms with E-state index < -0.39 is 10.8 Å². The Balaban J connectivity index is 2.35. The highest BCUT2D eigenvalue weighted by Gasteiger charge is 2.05. The number of rotatable bonds is 7. The van der Waals surface area contributed by atoms with E-state index in [1.807, 2.05) is 19.9 Å². The van der Waals surface area contributed by atoms with Crippen molar-refractivity contribution in [2.24, 2.45) is 0 Å². The van der Waals surface area contributed by atoms with Gasteiger partial charge in [0.1, 0.15) is 0 Å². The van der Waals surface area contributed by atoms with Crippen LogP contribution in [0, 0.1) is 6.92 Å². The lowest BCUT2D eigenvalue weighted by Crippen LogP contribution is -2.31. The van der Waals surface area contributed by atoms with Gasteiger partial charge in [-0.15, -0.1) is 0 Å². The van der Waals surface area contributed by atoms with Gasteiger partial charge >= 0.3 is 0 Å². The van der Waals surface area contributed by atoms with Crippen molar-refractivity contribution >= 4 is 34.0 Å². The Hall–Kier alpha value is -0.910. The highest BCUT2D eigenvalue weighted by atomic mass is 35.5. The van der Waals surface area contributed by atoms with Crippen molar-refractivity contribution in [2.75, 3.05) is 29.9 Å². The number of hydrogen-bond donors (Lipinski definition) is 2. The molecule has 106 valence electrons. The Morgan fingerprint density at radius 1 is 1.42 bits per heavy atom. The minimum Gasteiger partial charge on any atom is -0.325 e. The fourth-order valence-corrected chi connectivity index (χ4v) is 2.29. The Bertz CT molecular complexity index is 466. The summed E-state index contributed by atoms with van der Waals surface area (Å²) in [5.74, 6) is 1.09. The van der Waals surface area contributed by atoms with Crippen LogP contribution in [0.25, 0.3) is 0 Å². The van der Waals surface area contributed by atoms with Crippen LogP contribution in [0.3, 0.4) is 0 Å². The van der Waals surface area contributed by atoms with Gasteiger partial charge in [0.25, 0.3) is 0 Å². The molecule has 0 spiro atoms. The van der Waals surface area contributed by atoms with Crippen LogP contribution in [0.15, 0.2) is 18.2 Å². The fraction of sp³-hybridized carbons (Fsp3) is 0.462. The van der Waals surface area contributed by atoms with Gasteiger partial charge in [-0.05, 0) is 24.6 Å². The summed E-state index contributed by atoms with van der Waals surface area (Å²) in [7, 11) is -0.798. The first kappa shape index (κ1) is 16.1. The second kappa shape index (κ2) is 8.30. The van der Waals surface area contributed by atoms with Crippen molar-refractivity contribution in [1.82, 2.24) is 5.32 Å². The Morgan fingerprint density at radius 3 is 2.84 bits per heavy atom. The van der Waals surface area contributed by atoms with E-state index in [4.69, 9.17) is 11.6 Å². The number of amides is 1. The third-order valence-electron chi connectivity index (χ3n) is 2.59. The summed E-state index contributed by atoms with van der Waals surface area (Å²) in [6.07, 6.45) is 0. The van der Waals surface area contributed by atoms with Gasteiger partial charge in [0.2, 0.25) is 5.91 Å². The van der Waals surface area contributed by atoms with Crippen molar-refractivity contribution in [2.45, 2.75) is 13.8 Å². The molecule has 0 radical (unpaired) electrons. The summed E-state index contributed by atoms with van der Waals surface area (Å²) in [4.78, 5) is 11.7. The molecule has 1 rings (SSSR count). The molecule has 0 bridgehead atoms. The fourth-order valence-electron chi connectivity index (χ4n) is 1.46. The quantitative estimate of drug-likeness (QED) is 0.757. The van der Waals surface area contributed by atoms with Crippen molar-refractivity contribution in [3.63, 3.8) is 0 Å². The zero-order chi connectivity index (χ0) is 14.3. The minimum atomic E-state index is -0.798. The van der Waals surface area contributed by atoms with E-state index in [1.165, 1.54) is 0 Å². The van der Waals surface area contributed by atoms with E-state index >= 15 is 0 Å². The van der Waals surface area contributed by atoms with Crippen LogP contribution >= 0.6 is 11.6 Å². The van der Waals surface area contributed by atoms with E-state index in [0.717, 1.165) is 11.3 Å². The second-order valence-corrected chi connectivity index (χ2v) is 6.42. The van der Waals surface area contributed by atoms with Crippen LogP contribution in [0.4, 0.5) is 5.69 Å². The highest BCUT2D eigenvalue weighted by Crippen LogP contribution is 2.19. The first-order chi connectivity index (χ1) is 9.02. The summed E-state index contributed by atoms with van der Waals surface area (Å²) in [6, 6.07) is 5.36. The van der Waals surface area contributed by atoms with Crippen LogP contribution in [0.1, 0.15) is 12.5 Å². The maximum atomic E-state index is 11.7. The van der Waals surface area contributed by atoms with Crippen molar-refractivity contribution < 1.29 is 9.00 Å². The second-order valence-electron chi connectivity index (χ2n) is 4.12. The molecule has 1 unspecified atom stereocenters. The highest BCUT2D eigenvalue weighted by molar-refractivity contribution is 7.84. The summed E-state index contributed by atoms with van der Waals surface area (Å²) < 4.78 is 11.2. The Kier molecular flexibility index (Phi) is 7.05. The van der Waals surface area contributed by atoms with Gasteiger partial charge in [0.05, 0.1) is 6.54 Å². The topological polar surface area (TPSA) is 58.2 Å². The Labute approximate surface area is 121 Å². The molecule has 0 aliphatic heterocycles. The summed E-state index contributed by atoms with van der Waals surface area (Å²) in [5, 5.41) is 6.35. The van der Waals surface area contributed by atoms with Crippen molar-refractivity contribution in [3.8, 4) is 0 Å². The molecule has 0 aliphatic carbocycles. The molecular formula is C13H19ClN2O2S. The number of anilines is 1. The van der Waals surface area contributed by atoms with Crippen LogP contribution < -0.4 is 10.6 Å². The largest absolute Gasteiger partial charge is 0.325 e. The third-order valence-corrected chi connectivity index (χ3v) is 4.13. The monoisotopic (exact) mass is 302 g/mol. The molecule has 6 heteroatoms. The van der Waals surface area contributed by atoms with Gasteiger partial charge in [-0.3, -0.25) is 9.00 Å². The first-order valence-corrected chi connectivity index (χ1v) is 8.01. The standard InChI is InChI=1S/C13H19ClN2O2S/c1-3-19(18)7-6-15-9-13(17)16-12-8-11(14)5-4-10(12)2/h4-5,8,15H,3,6-7,9H2,1-2H3,(H,16,17). The van der Waals surface area contributed by atoms with E-state index in [-0.39, 0.29) is 12.5 Å². The lowest BCUT2D eigenvalue weighted by Gasteiger charge is -2.09. The molecule has 0 saturated heterocycles. The zero-order valence-corrected chi connectivity index (χ0v) is 12.7. The number of carbonyl (C=O) groups is 1. The number of nitrogens with one attached hydrogen (secondary N) is 2. The maximum Gasteiger partial charge on any atom is 0.238 e. The van der Waals surface area contributed by atoms with Crippen LogP contribution in [0.2, 0.25) is 5.02 Å². The summed E-state index contributed by atoms with van der Waals surface area (Å²) in [5.41, 5.74) is 1.68. The lowest BCUT2D eigenvalue weighted by molar-refractivity contribution is -0.115. The molecule has 2 N–H and O–H groups in total. The molecule has 0 saturated carbocycles. The predicted octanol–water partition coefficient (Wildman–Crippen LogP) is 1.95. The smallest absolute Gasteiger partial charge is 0.238 e. The van der Waals surface area contributed by atoms with E-state index in [1.54, 1.807) is 12.1 Å². The average molecular weight is 303 g/mol. The molecule has 0 aliphatic rings. The molecule has 4 nitrogen and oxygen atoms in total. The number of aryl methyl sites for hydroxylation is 1. The molecule has 1 atom stereocenters. The molecule has 1 aromatic rings. The Morgan fingerprint density at radius 2 is 2.16 bits per heavy atom. The first-order valence-electron chi connectivity index (χ1n) is 6.14. The van der Waals surface area contributed by atoms with Gasteiger partial charge in [-0.2, -0.15) is 0 Å². The number of benzene rings is 1. The summed E-state index contributed by atoms with van der Waals surface area (Å²) in [6.45, 7) is 4.56. The molecule has 0 fully saturated rings. The van der Waals surface area contributed by atoms with Gasteiger partial charge in [0.15, 0.2) is 0 Å². The predicted molar refractivity (Wildman–Crippen MR) is 81.2 cm³/mol. The van der Waals surface area contributed by atoms with Crippen LogP contribution in [-0.2, 0) is 15.6 Å². The van der Waals surface area contributed by atoms with E-state index in [0.29, 0.717) is 23.1 Å². The lowest BCUT2D eigenvalue weighted by atomic mass is 10.2. The molecular weight excluding hydrogens is 284 g/mol. The summed E-state index contributed by atoms with van der Waals surface area (Å²) >= 11 is 5.88. The van der Waals surface area contributed by atoms with Crippen molar-refractivity contribution in [1.29, 1.82) is 0 Å². The molecule has 1 aromatic carbocycles. The van der Waals surface area contributed by atoms with Gasteiger partial charge < -0.3 is 10.6 Å². The molecule has 0 heterocycles. The molecule has 1 amide bonds. The number of carbonyl (C=O) groups excluding carboxylic acids is 1. The minimum absolute atomic E-state index is 0.132. The van der Waals surface area contributed by atoms with Crippen molar-refractivity contribution in [3.05, 3.63) is 28.8 Å². The van der Waals surface area contributed by atoms with Gasteiger partial charge in [-0.25, -0.2) is 0 Å². The number of halogens is 1. The van der Waals surface area contributed by atoms with Crippen LogP contribution in [-0.4, -0.2) is 34.7 Å². The maximum absolute atomic E-state index is 11.7. The van der Waals surface area contributed by atoms with Gasteiger partial charge in [-0.1, -0.05) is 24.6 Å². The van der Waals surface area contributed by atoms with Crippen LogP contribution in [0.5, 0.6) is 0 Å². The SMILES string of the molecule is CCS(=O)CCNCC(=O)Nc1cc(Cl)ccc1C. The average Bonchev–Trinajstić information content (AvgIpc) is 2.38. The number of hydrogen-bond acceptors (Lipinski definition) is 3. The molecule has 19 heavy (non-hydrogen) atoms. The van der Waals surface area contributed by atoms with Gasteiger partial charge in [0, 0.05) is 39.6 Å². The van der Waals surface area contributed by atoms with E-state index in [2.05, 4.69) is 10.6 Å². The van der Waals surface area contributed by atoms with E-state index in [9.17, 15) is 9.00 Å². The zero-order valence-electron chi connectivity index (χ0n) is 11.2. The normalized spacial score (nSPS) is 12.2.